The van der Waals surface area contributed by atoms with Crippen LogP contribution in [0, 0.1) is 0 Å². The molecule has 2 N–H and O–H groups in total. The summed E-state index contributed by atoms with van der Waals surface area (Å²) >= 11 is 5.92. The molecule has 104 valence electrons. The van der Waals surface area contributed by atoms with Crippen LogP contribution in [0.3, 0.4) is 0 Å². The third-order valence-corrected chi connectivity index (χ3v) is 3.15. The number of nitrogens with one attached hydrogen (secondary N) is 1. The van der Waals surface area contributed by atoms with Gasteiger partial charge in [-0.05, 0) is 30.3 Å². The minimum atomic E-state index is -0.986. The molecule has 5 nitrogen and oxygen atoms in total. The number of rotatable bonds is 3. The molecule has 1 aromatic heterocycles. The number of carboxylic acids is 1. The molecule has 0 amide bonds. The van der Waals surface area contributed by atoms with Crippen molar-refractivity contribution in [1.29, 1.82) is 0 Å². The molecule has 0 aliphatic heterocycles. The first-order valence-electron chi connectivity index (χ1n) is 6.14. The highest BCUT2D eigenvalue weighted by molar-refractivity contribution is 6.30. The molecule has 0 saturated carbocycles. The Bertz CT molecular complexity index is 836. The number of carbonyl (C=O) groups is 1. The summed E-state index contributed by atoms with van der Waals surface area (Å²) in [6.45, 7) is 0. The van der Waals surface area contributed by atoms with Gasteiger partial charge in [0.05, 0.1) is 11.1 Å². The number of benzene rings is 2. The highest BCUT2D eigenvalue weighted by atomic mass is 35.5. The zero-order valence-corrected chi connectivity index (χ0v) is 11.5. The van der Waals surface area contributed by atoms with Crippen molar-refractivity contribution in [2.24, 2.45) is 0 Å². The largest absolute Gasteiger partial charge is 0.478 e. The molecule has 21 heavy (non-hydrogen) atoms. The van der Waals surface area contributed by atoms with Crippen LogP contribution >= 0.6 is 11.6 Å². The Morgan fingerprint density at radius 3 is 2.81 bits per heavy atom. The van der Waals surface area contributed by atoms with E-state index in [1.165, 1.54) is 12.1 Å². The minimum absolute atomic E-state index is 0.190. The molecule has 0 aliphatic rings. The smallest absolute Gasteiger partial charge is 0.335 e. The van der Waals surface area contributed by atoms with E-state index in [1.54, 1.807) is 24.4 Å². The van der Waals surface area contributed by atoms with Gasteiger partial charge < -0.3 is 10.4 Å². The van der Waals surface area contributed by atoms with Crippen LogP contribution in [0.15, 0.2) is 48.7 Å². The summed E-state index contributed by atoms with van der Waals surface area (Å²) in [5.74, 6) is -0.604. The van der Waals surface area contributed by atoms with Crippen molar-refractivity contribution in [3.8, 4) is 0 Å². The first-order valence-corrected chi connectivity index (χ1v) is 6.52. The van der Waals surface area contributed by atoms with Crippen LogP contribution < -0.4 is 5.32 Å². The number of fused-ring (bicyclic) bond motifs is 1. The van der Waals surface area contributed by atoms with E-state index in [4.69, 9.17) is 16.7 Å². The number of halogens is 1. The van der Waals surface area contributed by atoms with Crippen molar-refractivity contribution >= 4 is 40.1 Å². The maximum Gasteiger partial charge on any atom is 0.335 e. The molecule has 2 aromatic carbocycles. The van der Waals surface area contributed by atoms with E-state index in [2.05, 4.69) is 15.3 Å². The standard InChI is InChI=1S/C15H10ClN3O2/c16-11-2-1-3-12(7-11)18-15-17-8-10-5-4-9(14(20)21)6-13(10)19-15/h1-8H,(H,20,21)(H,17,18,19). The van der Waals surface area contributed by atoms with Gasteiger partial charge in [-0.25, -0.2) is 14.8 Å². The lowest BCUT2D eigenvalue weighted by Gasteiger charge is -2.06. The highest BCUT2D eigenvalue weighted by Gasteiger charge is 2.06. The van der Waals surface area contributed by atoms with E-state index in [9.17, 15) is 4.79 Å². The van der Waals surface area contributed by atoms with Crippen LogP contribution in [0.5, 0.6) is 0 Å². The Morgan fingerprint density at radius 1 is 1.19 bits per heavy atom. The molecule has 6 heteroatoms. The quantitative estimate of drug-likeness (QED) is 0.771. The molecule has 0 spiro atoms. The van der Waals surface area contributed by atoms with E-state index in [1.807, 2.05) is 12.1 Å². The van der Waals surface area contributed by atoms with Gasteiger partial charge in [0.2, 0.25) is 5.95 Å². The monoisotopic (exact) mass is 299 g/mol. The zero-order valence-electron chi connectivity index (χ0n) is 10.7. The van der Waals surface area contributed by atoms with E-state index >= 15 is 0 Å². The lowest BCUT2D eigenvalue weighted by atomic mass is 10.1. The van der Waals surface area contributed by atoms with E-state index in [-0.39, 0.29) is 5.56 Å². The summed E-state index contributed by atoms with van der Waals surface area (Å²) in [7, 11) is 0. The summed E-state index contributed by atoms with van der Waals surface area (Å²) in [6.07, 6.45) is 1.64. The van der Waals surface area contributed by atoms with Crippen molar-refractivity contribution in [3.05, 3.63) is 59.2 Å². The fourth-order valence-corrected chi connectivity index (χ4v) is 2.10. The van der Waals surface area contributed by atoms with Crippen LogP contribution in [0.25, 0.3) is 10.9 Å². The Labute approximate surface area is 125 Å². The molecule has 0 fully saturated rings. The Morgan fingerprint density at radius 2 is 2.05 bits per heavy atom. The number of hydrogen-bond acceptors (Lipinski definition) is 4. The predicted molar refractivity (Wildman–Crippen MR) is 81.2 cm³/mol. The van der Waals surface area contributed by atoms with Crippen LogP contribution in [0.2, 0.25) is 5.02 Å². The molecule has 1 heterocycles. The maximum atomic E-state index is 11.0. The summed E-state index contributed by atoms with van der Waals surface area (Å²) in [5, 5.41) is 13.4. The fourth-order valence-electron chi connectivity index (χ4n) is 1.91. The van der Waals surface area contributed by atoms with Gasteiger partial charge in [-0.1, -0.05) is 23.7 Å². The van der Waals surface area contributed by atoms with Gasteiger partial charge in [0, 0.05) is 22.3 Å². The number of carboxylic acid groups (broad SMARTS) is 1. The molecule has 0 unspecified atom stereocenters. The average Bonchev–Trinajstić information content (AvgIpc) is 2.46. The summed E-state index contributed by atoms with van der Waals surface area (Å²) in [5.41, 5.74) is 1.51. The second kappa shape index (κ2) is 5.38. The van der Waals surface area contributed by atoms with Gasteiger partial charge in [-0.2, -0.15) is 0 Å². The molecule has 0 radical (unpaired) electrons. The second-order valence-electron chi connectivity index (χ2n) is 4.41. The van der Waals surface area contributed by atoms with Gasteiger partial charge in [-0.3, -0.25) is 0 Å². The first kappa shape index (κ1) is 13.3. The number of hydrogen-bond donors (Lipinski definition) is 2. The summed E-state index contributed by atoms with van der Waals surface area (Å²) in [4.78, 5) is 19.5. The lowest BCUT2D eigenvalue weighted by Crippen LogP contribution is -1.99. The molecule has 0 aliphatic carbocycles. The topological polar surface area (TPSA) is 75.1 Å². The Balaban J connectivity index is 1.98. The molecular weight excluding hydrogens is 290 g/mol. The Hall–Kier alpha value is -2.66. The maximum absolute atomic E-state index is 11.0. The van der Waals surface area contributed by atoms with Crippen LogP contribution in [-0.2, 0) is 0 Å². The second-order valence-corrected chi connectivity index (χ2v) is 4.84. The van der Waals surface area contributed by atoms with Crippen LogP contribution in [-0.4, -0.2) is 21.0 Å². The molecule has 0 bridgehead atoms. The summed E-state index contributed by atoms with van der Waals surface area (Å²) in [6, 6.07) is 11.9. The van der Waals surface area contributed by atoms with Gasteiger partial charge in [-0.15, -0.1) is 0 Å². The molecule has 0 atom stereocenters. The van der Waals surface area contributed by atoms with Crippen LogP contribution in [0.4, 0.5) is 11.6 Å². The van der Waals surface area contributed by atoms with Gasteiger partial charge >= 0.3 is 5.97 Å². The number of aromatic carboxylic acids is 1. The lowest BCUT2D eigenvalue weighted by molar-refractivity contribution is 0.0697. The number of anilines is 2. The third kappa shape index (κ3) is 2.93. The normalized spacial score (nSPS) is 10.5. The number of aromatic nitrogens is 2. The molecular formula is C15H10ClN3O2. The average molecular weight is 300 g/mol. The molecule has 3 aromatic rings. The van der Waals surface area contributed by atoms with Crippen molar-refractivity contribution in [2.75, 3.05) is 5.32 Å². The Kier molecular flexibility index (Phi) is 3.41. The number of nitrogens with zero attached hydrogens (tertiary/aromatic N) is 2. The summed E-state index contributed by atoms with van der Waals surface area (Å²) < 4.78 is 0. The fraction of sp³-hybridized carbons (Fsp3) is 0. The molecule has 3 rings (SSSR count). The van der Waals surface area contributed by atoms with E-state index in [0.29, 0.717) is 16.5 Å². The van der Waals surface area contributed by atoms with Crippen LogP contribution in [0.1, 0.15) is 10.4 Å². The van der Waals surface area contributed by atoms with Crippen molar-refractivity contribution in [1.82, 2.24) is 9.97 Å². The van der Waals surface area contributed by atoms with Gasteiger partial charge in [0.25, 0.3) is 0 Å². The van der Waals surface area contributed by atoms with Gasteiger partial charge in [0.15, 0.2) is 0 Å². The van der Waals surface area contributed by atoms with Crippen molar-refractivity contribution in [2.45, 2.75) is 0 Å². The van der Waals surface area contributed by atoms with E-state index in [0.717, 1.165) is 11.1 Å². The van der Waals surface area contributed by atoms with Crippen molar-refractivity contribution < 1.29 is 9.90 Å². The van der Waals surface area contributed by atoms with Gasteiger partial charge in [0.1, 0.15) is 0 Å². The molecule has 0 saturated heterocycles. The van der Waals surface area contributed by atoms with Crippen molar-refractivity contribution in [3.63, 3.8) is 0 Å². The third-order valence-electron chi connectivity index (χ3n) is 2.91. The van der Waals surface area contributed by atoms with E-state index < -0.39 is 5.97 Å². The SMILES string of the molecule is O=C(O)c1ccc2cnc(Nc3cccc(Cl)c3)nc2c1. The zero-order chi connectivity index (χ0) is 14.8. The highest BCUT2D eigenvalue weighted by Crippen LogP contribution is 2.20. The minimum Gasteiger partial charge on any atom is -0.478 e. The predicted octanol–water partition coefficient (Wildman–Crippen LogP) is 3.73. The first-order chi connectivity index (χ1) is 10.1.